The lowest BCUT2D eigenvalue weighted by molar-refractivity contribution is -0.130. The van der Waals surface area contributed by atoms with Crippen molar-refractivity contribution in [2.75, 3.05) is 0 Å². The number of aliphatic hydroxyl groups is 1. The van der Waals surface area contributed by atoms with Gasteiger partial charge in [0, 0.05) is 37.6 Å². The highest BCUT2D eigenvalue weighted by Gasteiger charge is 2.40. The van der Waals surface area contributed by atoms with Gasteiger partial charge in [-0.1, -0.05) is 19.9 Å². The van der Waals surface area contributed by atoms with E-state index < -0.39 is 23.3 Å². The quantitative estimate of drug-likeness (QED) is 0.141. The van der Waals surface area contributed by atoms with Gasteiger partial charge in [0.15, 0.2) is 5.76 Å². The average molecular weight is 518 g/mol. The van der Waals surface area contributed by atoms with Crippen molar-refractivity contribution in [3.8, 4) is 5.88 Å². The molecule has 10 nitrogen and oxygen atoms in total. The molecule has 0 radical (unpaired) electrons. The van der Waals surface area contributed by atoms with Gasteiger partial charge in [-0.15, -0.1) is 10.2 Å². The fourth-order valence-corrected chi connectivity index (χ4v) is 4.45. The zero-order valence-electron chi connectivity index (χ0n) is 22.3. The molecule has 0 bridgehead atoms. The Morgan fingerprint density at radius 2 is 1.61 bits per heavy atom. The number of azo groups is 1. The molecule has 4 rings (SSSR count). The van der Waals surface area contributed by atoms with Crippen LogP contribution >= 0.6 is 0 Å². The van der Waals surface area contributed by atoms with Crippen LogP contribution in [0.2, 0.25) is 0 Å². The number of hydrogen-bond acceptors (Lipinski definition) is 7. The molecule has 1 aliphatic rings. The number of fused-ring (bicyclic) bond motifs is 1. The number of carbonyl (C=O) groups is 3. The Morgan fingerprint density at radius 3 is 2.18 bits per heavy atom. The molecular weight excluding hydrogens is 486 g/mol. The number of ether oxygens (including phenoxy) is 1. The van der Waals surface area contributed by atoms with Gasteiger partial charge in [0.05, 0.1) is 22.5 Å². The summed E-state index contributed by atoms with van der Waals surface area (Å²) in [5.41, 5.74) is 2.07. The summed E-state index contributed by atoms with van der Waals surface area (Å²) < 4.78 is 8.90. The molecule has 10 heteroatoms. The van der Waals surface area contributed by atoms with Crippen LogP contribution in [0.5, 0.6) is 5.88 Å². The third kappa shape index (κ3) is 4.53. The van der Waals surface area contributed by atoms with Gasteiger partial charge in [-0.25, -0.2) is 4.79 Å². The highest BCUT2D eigenvalue weighted by Crippen LogP contribution is 2.34. The predicted octanol–water partition coefficient (Wildman–Crippen LogP) is 5.38. The number of hydrogen-bond donors (Lipinski definition) is 1. The van der Waals surface area contributed by atoms with Crippen molar-refractivity contribution in [2.24, 2.45) is 24.3 Å². The van der Waals surface area contributed by atoms with E-state index in [0.29, 0.717) is 18.5 Å². The molecule has 1 N–H and O–H groups in total. The first kappa shape index (κ1) is 26.6. The number of esters is 1. The van der Waals surface area contributed by atoms with Crippen LogP contribution < -0.4 is 4.74 Å². The third-order valence-corrected chi connectivity index (χ3v) is 7.05. The molecule has 2 amide bonds. The normalized spacial score (nSPS) is 14.0. The van der Waals surface area contributed by atoms with E-state index in [1.807, 2.05) is 27.7 Å². The van der Waals surface area contributed by atoms with Crippen molar-refractivity contribution in [1.82, 2.24) is 14.0 Å². The summed E-state index contributed by atoms with van der Waals surface area (Å²) >= 11 is 0. The van der Waals surface area contributed by atoms with Gasteiger partial charge in [0.25, 0.3) is 11.8 Å². The number of aromatic nitrogens is 2. The van der Waals surface area contributed by atoms with E-state index in [2.05, 4.69) is 10.2 Å². The maximum absolute atomic E-state index is 13.3. The van der Waals surface area contributed by atoms with Gasteiger partial charge in [0.2, 0.25) is 11.6 Å². The second-order valence-electron chi connectivity index (χ2n) is 9.23. The van der Waals surface area contributed by atoms with E-state index >= 15 is 0 Å². The van der Waals surface area contributed by atoms with Crippen LogP contribution in [0.25, 0.3) is 5.76 Å². The smallest absolute Gasteiger partial charge is 0.369 e. The molecule has 1 aromatic carbocycles. The van der Waals surface area contributed by atoms with Crippen LogP contribution in [0.4, 0.5) is 5.69 Å². The first-order valence-electron chi connectivity index (χ1n) is 12.4. The summed E-state index contributed by atoms with van der Waals surface area (Å²) in [6, 6.07) is 11.3. The van der Waals surface area contributed by atoms with Crippen LogP contribution in [0, 0.1) is 13.8 Å². The van der Waals surface area contributed by atoms with Crippen molar-refractivity contribution in [2.45, 2.75) is 46.6 Å². The maximum Gasteiger partial charge on any atom is 0.369 e. The minimum Gasteiger partial charge on any atom is -0.504 e. The standard InChI is InChI=1S/C28H31N5O5/c1-7-18(8-2)33-26(35)19-10-9-11-20(23(19)27(33)36)29-30-24(25(34)21-14-12-16(3)31(21)5)28(37)38-22-15-13-17(4)32(22)6/h9-15,18,34H,7-8H2,1-6H3. The Kier molecular flexibility index (Phi) is 7.34. The maximum atomic E-state index is 13.3. The van der Waals surface area contributed by atoms with Gasteiger partial charge in [-0.2, -0.15) is 0 Å². The van der Waals surface area contributed by atoms with Crippen LogP contribution in [-0.2, 0) is 18.9 Å². The first-order valence-corrected chi connectivity index (χ1v) is 12.4. The number of amides is 2. The number of aliphatic hydroxyl groups excluding tert-OH is 1. The van der Waals surface area contributed by atoms with E-state index in [0.717, 1.165) is 11.4 Å². The molecule has 0 aliphatic carbocycles. The van der Waals surface area contributed by atoms with Crippen molar-refractivity contribution < 1.29 is 24.2 Å². The minimum atomic E-state index is -0.931. The zero-order chi connectivity index (χ0) is 27.7. The van der Waals surface area contributed by atoms with Crippen LogP contribution in [-0.4, -0.2) is 43.0 Å². The second-order valence-corrected chi connectivity index (χ2v) is 9.23. The fraction of sp³-hybridized carbons (Fsp3) is 0.321. The number of carbonyl (C=O) groups excluding carboxylic acids is 3. The monoisotopic (exact) mass is 517 g/mol. The third-order valence-electron chi connectivity index (χ3n) is 7.05. The van der Waals surface area contributed by atoms with Gasteiger partial charge >= 0.3 is 5.97 Å². The fourth-order valence-electron chi connectivity index (χ4n) is 4.45. The van der Waals surface area contributed by atoms with Gasteiger partial charge in [0.1, 0.15) is 0 Å². The highest BCUT2D eigenvalue weighted by atomic mass is 16.5. The molecule has 3 aromatic rings. The van der Waals surface area contributed by atoms with E-state index in [9.17, 15) is 19.5 Å². The predicted molar refractivity (Wildman–Crippen MR) is 141 cm³/mol. The molecule has 1 aliphatic heterocycles. The number of nitrogens with zero attached hydrogens (tertiary/aromatic N) is 5. The molecule has 0 unspecified atom stereocenters. The summed E-state index contributed by atoms with van der Waals surface area (Å²) in [5, 5.41) is 19.4. The summed E-state index contributed by atoms with van der Waals surface area (Å²) in [6.07, 6.45) is 1.25. The molecule has 0 fully saturated rings. The average Bonchev–Trinajstić information content (AvgIpc) is 3.49. The highest BCUT2D eigenvalue weighted by molar-refractivity contribution is 6.23. The molecular formula is C28H31N5O5. The van der Waals surface area contributed by atoms with Crippen molar-refractivity contribution in [1.29, 1.82) is 0 Å². The van der Waals surface area contributed by atoms with E-state index in [-0.39, 0.29) is 34.6 Å². The van der Waals surface area contributed by atoms with Crippen LogP contribution in [0.15, 0.2) is 58.4 Å². The largest absolute Gasteiger partial charge is 0.504 e. The van der Waals surface area contributed by atoms with Crippen molar-refractivity contribution in [3.63, 3.8) is 0 Å². The van der Waals surface area contributed by atoms with Gasteiger partial charge in [-0.05, 0) is 57.0 Å². The topological polar surface area (TPSA) is 118 Å². The number of benzene rings is 1. The van der Waals surface area contributed by atoms with Gasteiger partial charge < -0.3 is 19.0 Å². The van der Waals surface area contributed by atoms with E-state index in [1.165, 1.54) is 11.0 Å². The molecule has 38 heavy (non-hydrogen) atoms. The SMILES string of the molecule is CCC(CC)N1C(=O)c2cccc(N=NC(C(=O)Oc3ccc(C)n3C)=C(O)c3ccc(C)n3C)c2C1=O. The summed E-state index contributed by atoms with van der Waals surface area (Å²) in [6.45, 7) is 7.55. The van der Waals surface area contributed by atoms with E-state index in [1.54, 1.807) is 59.6 Å². The Bertz CT molecular complexity index is 1490. The number of imide groups is 1. The molecule has 0 spiro atoms. The Labute approximate surface area is 220 Å². The zero-order valence-corrected chi connectivity index (χ0v) is 22.3. The Hall–Kier alpha value is -4.47. The van der Waals surface area contributed by atoms with Crippen LogP contribution in [0.1, 0.15) is 64.5 Å². The lowest BCUT2D eigenvalue weighted by atomic mass is 10.1. The Balaban J connectivity index is 1.78. The van der Waals surface area contributed by atoms with Gasteiger partial charge in [-0.3, -0.25) is 14.5 Å². The van der Waals surface area contributed by atoms with Crippen molar-refractivity contribution in [3.05, 3.63) is 76.4 Å². The molecule has 0 saturated carbocycles. The summed E-state index contributed by atoms with van der Waals surface area (Å²) in [4.78, 5) is 40.8. The minimum absolute atomic E-state index is 0.116. The first-order chi connectivity index (χ1) is 18.1. The lowest BCUT2D eigenvalue weighted by Crippen LogP contribution is -2.39. The summed E-state index contributed by atoms with van der Waals surface area (Å²) in [7, 11) is 3.48. The molecule has 198 valence electrons. The second kappa shape index (κ2) is 10.5. The molecule has 2 aromatic heterocycles. The van der Waals surface area contributed by atoms with E-state index in [4.69, 9.17) is 4.74 Å². The summed E-state index contributed by atoms with van der Waals surface area (Å²) in [5.74, 6) is -1.94. The van der Waals surface area contributed by atoms with Crippen LogP contribution in [0.3, 0.4) is 0 Å². The number of aryl methyl sites for hydroxylation is 2. The molecule has 0 atom stereocenters. The number of rotatable bonds is 8. The molecule has 3 heterocycles. The lowest BCUT2D eigenvalue weighted by Gasteiger charge is -2.23. The Morgan fingerprint density at radius 1 is 0.947 bits per heavy atom. The van der Waals surface area contributed by atoms with Crippen molar-refractivity contribution >= 4 is 29.2 Å². The molecule has 0 saturated heterocycles.